The number of rotatable bonds is 9. The van der Waals surface area contributed by atoms with Crippen LogP contribution in [-0.4, -0.2) is 45.2 Å². The molecule has 0 saturated carbocycles. The minimum Gasteiger partial charge on any atom is -0.478 e. The van der Waals surface area contributed by atoms with Crippen molar-refractivity contribution in [3.05, 3.63) is 53.6 Å². The van der Waals surface area contributed by atoms with Crippen LogP contribution >= 0.6 is 0 Å². The van der Waals surface area contributed by atoms with E-state index in [2.05, 4.69) is 18.6 Å². The fourth-order valence-corrected chi connectivity index (χ4v) is 5.22. The molecule has 1 saturated heterocycles. The number of aromatic carboxylic acids is 1. The highest BCUT2D eigenvalue weighted by atomic mass is 32.2. The van der Waals surface area contributed by atoms with Crippen LogP contribution in [0.25, 0.3) is 0 Å². The first kappa shape index (κ1) is 25.6. The Bertz CT molecular complexity index is 1130. The number of benzene rings is 2. The molecule has 0 radical (unpaired) electrons. The third-order valence-electron chi connectivity index (χ3n) is 5.76. The highest BCUT2D eigenvalue weighted by Gasteiger charge is 2.28. The molecule has 0 spiro atoms. The zero-order chi connectivity index (χ0) is 24.9. The summed E-state index contributed by atoms with van der Waals surface area (Å²) >= 11 is 0. The van der Waals surface area contributed by atoms with Gasteiger partial charge in [-0.15, -0.1) is 0 Å². The van der Waals surface area contributed by atoms with Crippen molar-refractivity contribution in [3.63, 3.8) is 0 Å². The molecule has 0 bridgehead atoms. The van der Waals surface area contributed by atoms with Gasteiger partial charge in [-0.3, -0.25) is 9.52 Å². The molecule has 1 aliphatic heterocycles. The summed E-state index contributed by atoms with van der Waals surface area (Å²) in [6, 6.07) is 11.2. The third-order valence-corrected chi connectivity index (χ3v) is 7.14. The van der Waals surface area contributed by atoms with E-state index >= 15 is 0 Å². The van der Waals surface area contributed by atoms with Gasteiger partial charge in [-0.2, -0.15) is 0 Å². The molecule has 184 valence electrons. The number of carbonyl (C=O) groups is 2. The van der Waals surface area contributed by atoms with Gasteiger partial charge in [0.1, 0.15) is 0 Å². The molecule has 0 aromatic heterocycles. The zero-order valence-electron chi connectivity index (χ0n) is 19.8. The number of carboxylic acids is 1. The van der Waals surface area contributed by atoms with Crippen molar-refractivity contribution in [2.24, 2.45) is 11.8 Å². The standard InChI is InChI=1S/C25H32N2O6S/c1-4-33-25(30)19-6-5-13-27(16-19)20-9-12-23(22(15-20)24(28)29)26-34(31,32)21-10-7-18(8-11-21)14-17(2)3/h7-12,15,17,19,26H,4-6,13-14,16H2,1-3H3,(H,28,29)/t19-/m1/s1. The second-order valence-electron chi connectivity index (χ2n) is 8.92. The van der Waals surface area contributed by atoms with Crippen LogP contribution in [0.1, 0.15) is 49.5 Å². The highest BCUT2D eigenvalue weighted by Crippen LogP contribution is 2.29. The van der Waals surface area contributed by atoms with Crippen LogP contribution < -0.4 is 9.62 Å². The van der Waals surface area contributed by atoms with E-state index in [1.165, 1.54) is 24.3 Å². The van der Waals surface area contributed by atoms with Crippen LogP contribution in [0.3, 0.4) is 0 Å². The van der Waals surface area contributed by atoms with Gasteiger partial charge >= 0.3 is 11.9 Å². The molecular formula is C25H32N2O6S. The molecule has 1 aliphatic rings. The summed E-state index contributed by atoms with van der Waals surface area (Å²) in [4.78, 5) is 26.1. The van der Waals surface area contributed by atoms with E-state index in [4.69, 9.17) is 4.74 Å². The number of esters is 1. The Hall–Kier alpha value is -3.07. The molecule has 2 aromatic carbocycles. The maximum absolute atomic E-state index is 12.9. The minimum atomic E-state index is -3.97. The van der Waals surface area contributed by atoms with E-state index in [0.29, 0.717) is 31.3 Å². The van der Waals surface area contributed by atoms with Gasteiger partial charge in [0.15, 0.2) is 0 Å². The molecule has 1 fully saturated rings. The van der Waals surface area contributed by atoms with Gasteiger partial charge in [-0.25, -0.2) is 13.2 Å². The normalized spacial score (nSPS) is 16.4. The molecule has 9 heteroatoms. The zero-order valence-corrected chi connectivity index (χ0v) is 20.6. The SMILES string of the molecule is CCOC(=O)[C@@H]1CCCN(c2ccc(NS(=O)(=O)c3ccc(CC(C)C)cc3)c(C(=O)O)c2)C1. The monoisotopic (exact) mass is 488 g/mol. The number of hydrogen-bond acceptors (Lipinski definition) is 6. The van der Waals surface area contributed by atoms with Crippen LogP contribution in [0.15, 0.2) is 47.4 Å². The topological polar surface area (TPSA) is 113 Å². The van der Waals surface area contributed by atoms with Gasteiger partial charge in [0, 0.05) is 18.8 Å². The Kier molecular flexibility index (Phi) is 8.19. The number of piperidine rings is 1. The van der Waals surface area contributed by atoms with Gasteiger partial charge < -0.3 is 14.7 Å². The summed E-state index contributed by atoms with van der Waals surface area (Å²) in [7, 11) is -3.97. The van der Waals surface area contributed by atoms with Gasteiger partial charge in [0.25, 0.3) is 10.0 Å². The average molecular weight is 489 g/mol. The molecule has 2 aromatic rings. The van der Waals surface area contributed by atoms with Crippen LogP contribution in [0.2, 0.25) is 0 Å². The van der Waals surface area contributed by atoms with E-state index < -0.39 is 16.0 Å². The van der Waals surface area contributed by atoms with Crippen LogP contribution in [0.4, 0.5) is 11.4 Å². The summed E-state index contributed by atoms with van der Waals surface area (Å²) in [6.45, 7) is 7.34. The third kappa shape index (κ3) is 6.28. The highest BCUT2D eigenvalue weighted by molar-refractivity contribution is 7.92. The van der Waals surface area contributed by atoms with Gasteiger partial charge in [-0.1, -0.05) is 26.0 Å². The molecule has 0 amide bonds. The number of carbonyl (C=O) groups excluding carboxylic acids is 1. The first-order valence-electron chi connectivity index (χ1n) is 11.5. The lowest BCUT2D eigenvalue weighted by Gasteiger charge is -2.33. The van der Waals surface area contributed by atoms with E-state index in [9.17, 15) is 23.1 Å². The smallest absolute Gasteiger partial charge is 0.337 e. The second kappa shape index (κ2) is 10.9. The van der Waals surface area contributed by atoms with Crippen LogP contribution in [-0.2, 0) is 26.0 Å². The molecule has 3 rings (SSSR count). The van der Waals surface area contributed by atoms with E-state index in [-0.39, 0.29) is 28.0 Å². The van der Waals surface area contributed by atoms with E-state index in [1.54, 1.807) is 25.1 Å². The van der Waals surface area contributed by atoms with Crippen molar-refractivity contribution < 1.29 is 27.9 Å². The summed E-state index contributed by atoms with van der Waals surface area (Å²) in [5.74, 6) is -1.33. The van der Waals surface area contributed by atoms with Crippen molar-refractivity contribution in [3.8, 4) is 0 Å². The fraction of sp³-hybridized carbons (Fsp3) is 0.440. The number of nitrogens with one attached hydrogen (secondary N) is 1. The number of carboxylic acid groups (broad SMARTS) is 1. The van der Waals surface area contributed by atoms with E-state index in [0.717, 1.165) is 24.8 Å². The summed E-state index contributed by atoms with van der Waals surface area (Å²) < 4.78 is 33.4. The molecule has 0 aliphatic carbocycles. The molecule has 0 unspecified atom stereocenters. The van der Waals surface area contributed by atoms with Crippen molar-refractivity contribution in [2.75, 3.05) is 29.3 Å². The number of ether oxygens (including phenoxy) is 1. The maximum Gasteiger partial charge on any atom is 0.337 e. The number of sulfonamides is 1. The Labute approximate surface area is 201 Å². The predicted molar refractivity (Wildman–Crippen MR) is 131 cm³/mol. The number of anilines is 2. The van der Waals surface area contributed by atoms with Crippen LogP contribution in [0, 0.1) is 11.8 Å². The van der Waals surface area contributed by atoms with Crippen molar-refractivity contribution in [1.29, 1.82) is 0 Å². The Morgan fingerprint density at radius 3 is 2.50 bits per heavy atom. The Balaban J connectivity index is 1.81. The first-order valence-corrected chi connectivity index (χ1v) is 13.0. The summed E-state index contributed by atoms with van der Waals surface area (Å²) in [5, 5.41) is 9.76. The van der Waals surface area contributed by atoms with Crippen LogP contribution in [0.5, 0.6) is 0 Å². The second-order valence-corrected chi connectivity index (χ2v) is 10.6. The largest absolute Gasteiger partial charge is 0.478 e. The molecule has 2 N–H and O–H groups in total. The van der Waals surface area contributed by atoms with Crippen molar-refractivity contribution >= 4 is 33.3 Å². The van der Waals surface area contributed by atoms with Gasteiger partial charge in [0.2, 0.25) is 0 Å². The summed E-state index contributed by atoms with van der Waals surface area (Å²) in [5.41, 5.74) is 1.48. The lowest BCUT2D eigenvalue weighted by Crippen LogP contribution is -2.39. The molecule has 1 atom stereocenters. The summed E-state index contributed by atoms with van der Waals surface area (Å²) in [6.07, 6.45) is 2.33. The minimum absolute atomic E-state index is 0.0125. The van der Waals surface area contributed by atoms with Crippen molar-refractivity contribution in [2.45, 2.75) is 44.9 Å². The van der Waals surface area contributed by atoms with E-state index in [1.807, 2.05) is 4.90 Å². The molecule has 1 heterocycles. The first-order chi connectivity index (χ1) is 16.1. The average Bonchev–Trinajstić information content (AvgIpc) is 2.79. The fourth-order valence-electron chi connectivity index (χ4n) is 4.14. The lowest BCUT2D eigenvalue weighted by atomic mass is 9.97. The lowest BCUT2D eigenvalue weighted by molar-refractivity contribution is -0.148. The van der Waals surface area contributed by atoms with Gasteiger partial charge in [0.05, 0.1) is 28.7 Å². The molecule has 8 nitrogen and oxygen atoms in total. The molecular weight excluding hydrogens is 456 g/mol. The van der Waals surface area contributed by atoms with Gasteiger partial charge in [-0.05, 0) is 68.0 Å². The number of nitrogens with zero attached hydrogens (tertiary/aromatic N) is 1. The maximum atomic E-state index is 12.9. The quantitative estimate of drug-likeness (QED) is 0.510. The van der Waals surface area contributed by atoms with Crippen molar-refractivity contribution in [1.82, 2.24) is 0 Å². The molecule has 34 heavy (non-hydrogen) atoms. The Morgan fingerprint density at radius 2 is 1.88 bits per heavy atom. The number of hydrogen-bond donors (Lipinski definition) is 2. The predicted octanol–water partition coefficient (Wildman–Crippen LogP) is 4.16. The Morgan fingerprint density at radius 1 is 1.18 bits per heavy atom.